The van der Waals surface area contributed by atoms with E-state index in [0.717, 1.165) is 16.9 Å². The lowest BCUT2D eigenvalue weighted by Gasteiger charge is -2.11. The summed E-state index contributed by atoms with van der Waals surface area (Å²) in [4.78, 5) is 0. The largest absolute Gasteiger partial charge is 0.496 e. The van der Waals surface area contributed by atoms with Crippen LogP contribution in [0.1, 0.15) is 17.2 Å². The van der Waals surface area contributed by atoms with E-state index in [-0.39, 0.29) is 6.54 Å². The van der Waals surface area contributed by atoms with Crippen molar-refractivity contribution in [3.63, 3.8) is 0 Å². The Labute approximate surface area is 78.1 Å². The number of hydrogen-bond acceptors (Lipinski definition) is 3. The van der Waals surface area contributed by atoms with Gasteiger partial charge in [-0.15, -0.1) is 0 Å². The lowest BCUT2D eigenvalue weighted by atomic mass is 10.1. The molecule has 0 aliphatic heterocycles. The van der Waals surface area contributed by atoms with E-state index in [1.165, 1.54) is 0 Å². The zero-order valence-corrected chi connectivity index (χ0v) is 7.95. The molecule has 1 rings (SSSR count). The summed E-state index contributed by atoms with van der Waals surface area (Å²) in [5.41, 5.74) is 7.19. The van der Waals surface area contributed by atoms with Crippen LogP contribution in [0.3, 0.4) is 0 Å². The van der Waals surface area contributed by atoms with Gasteiger partial charge >= 0.3 is 0 Å². The molecule has 0 aliphatic rings. The Balaban J connectivity index is 2.99. The van der Waals surface area contributed by atoms with Crippen LogP contribution in [0, 0.1) is 6.92 Å². The maximum Gasteiger partial charge on any atom is 0.122 e. The summed E-state index contributed by atoms with van der Waals surface area (Å²) in [7, 11) is 1.61. The van der Waals surface area contributed by atoms with Crippen molar-refractivity contribution < 1.29 is 9.84 Å². The van der Waals surface area contributed by atoms with E-state index < -0.39 is 6.10 Å². The second-order valence-corrected chi connectivity index (χ2v) is 2.98. The molecule has 1 unspecified atom stereocenters. The van der Waals surface area contributed by atoms with Crippen LogP contribution in [0.15, 0.2) is 18.2 Å². The molecule has 72 valence electrons. The third-order valence-corrected chi connectivity index (χ3v) is 2.04. The number of aliphatic hydroxyl groups excluding tert-OH is 1. The van der Waals surface area contributed by atoms with E-state index in [4.69, 9.17) is 10.5 Å². The molecule has 0 aromatic heterocycles. The van der Waals surface area contributed by atoms with Crippen molar-refractivity contribution in [2.24, 2.45) is 5.73 Å². The Morgan fingerprint density at radius 3 is 2.77 bits per heavy atom. The average molecular weight is 181 g/mol. The summed E-state index contributed by atoms with van der Waals surface area (Å²) < 4.78 is 5.13. The Hall–Kier alpha value is -1.06. The van der Waals surface area contributed by atoms with Gasteiger partial charge in [0.05, 0.1) is 13.2 Å². The van der Waals surface area contributed by atoms with Crippen LogP contribution in [0.4, 0.5) is 0 Å². The molecule has 0 spiro atoms. The molecule has 3 N–H and O–H groups in total. The third kappa shape index (κ3) is 2.20. The first-order valence-electron chi connectivity index (χ1n) is 4.21. The summed E-state index contributed by atoms with van der Waals surface area (Å²) in [5, 5.41) is 9.46. The highest BCUT2D eigenvalue weighted by atomic mass is 16.5. The summed E-state index contributed by atoms with van der Waals surface area (Å²) in [6, 6.07) is 5.58. The van der Waals surface area contributed by atoms with Crippen molar-refractivity contribution in [3.8, 4) is 5.75 Å². The molecule has 0 heterocycles. The number of methoxy groups -OCH3 is 1. The van der Waals surface area contributed by atoms with E-state index in [2.05, 4.69) is 0 Å². The molecule has 0 saturated heterocycles. The summed E-state index contributed by atoms with van der Waals surface area (Å²) >= 11 is 0. The fraction of sp³-hybridized carbons (Fsp3) is 0.400. The molecule has 0 aliphatic carbocycles. The lowest BCUT2D eigenvalue weighted by Crippen LogP contribution is -2.11. The average Bonchev–Trinajstić information content (AvgIpc) is 2.17. The highest BCUT2D eigenvalue weighted by Crippen LogP contribution is 2.22. The van der Waals surface area contributed by atoms with Crippen LogP contribution >= 0.6 is 0 Å². The molecule has 3 nitrogen and oxygen atoms in total. The molecular weight excluding hydrogens is 166 g/mol. The maximum atomic E-state index is 9.46. The molecule has 0 fully saturated rings. The van der Waals surface area contributed by atoms with E-state index >= 15 is 0 Å². The van der Waals surface area contributed by atoms with Crippen LogP contribution < -0.4 is 10.5 Å². The van der Waals surface area contributed by atoms with Gasteiger partial charge in [0.1, 0.15) is 5.75 Å². The zero-order valence-electron chi connectivity index (χ0n) is 7.95. The van der Waals surface area contributed by atoms with Crippen molar-refractivity contribution >= 4 is 0 Å². The fourth-order valence-corrected chi connectivity index (χ4v) is 1.18. The number of rotatable bonds is 3. The molecule has 0 bridgehead atoms. The van der Waals surface area contributed by atoms with E-state index in [1.807, 2.05) is 25.1 Å². The molecule has 0 amide bonds. The topological polar surface area (TPSA) is 55.5 Å². The number of aliphatic hydroxyl groups is 1. The van der Waals surface area contributed by atoms with Gasteiger partial charge in [-0.25, -0.2) is 0 Å². The lowest BCUT2D eigenvalue weighted by molar-refractivity contribution is 0.186. The van der Waals surface area contributed by atoms with E-state index in [9.17, 15) is 5.11 Å². The monoisotopic (exact) mass is 181 g/mol. The third-order valence-electron chi connectivity index (χ3n) is 2.04. The molecular formula is C10H15NO2. The Morgan fingerprint density at radius 1 is 1.54 bits per heavy atom. The van der Waals surface area contributed by atoms with Crippen LogP contribution in [0.5, 0.6) is 5.75 Å². The van der Waals surface area contributed by atoms with Gasteiger partial charge in [0.15, 0.2) is 0 Å². The second kappa shape index (κ2) is 4.25. The molecule has 0 radical (unpaired) electrons. The van der Waals surface area contributed by atoms with Crippen LogP contribution in [0.2, 0.25) is 0 Å². The molecule has 1 atom stereocenters. The second-order valence-electron chi connectivity index (χ2n) is 2.98. The molecule has 1 aromatic carbocycles. The van der Waals surface area contributed by atoms with Crippen molar-refractivity contribution in [3.05, 3.63) is 29.3 Å². The van der Waals surface area contributed by atoms with Gasteiger partial charge in [-0.2, -0.15) is 0 Å². The van der Waals surface area contributed by atoms with Gasteiger partial charge in [-0.3, -0.25) is 0 Å². The van der Waals surface area contributed by atoms with Crippen molar-refractivity contribution in [2.75, 3.05) is 13.7 Å². The number of ether oxygens (including phenoxy) is 1. The van der Waals surface area contributed by atoms with Gasteiger partial charge in [-0.05, 0) is 24.1 Å². The molecule has 1 aromatic rings. The fourth-order valence-electron chi connectivity index (χ4n) is 1.18. The predicted molar refractivity (Wildman–Crippen MR) is 51.7 cm³/mol. The van der Waals surface area contributed by atoms with Gasteiger partial charge in [0.25, 0.3) is 0 Å². The highest BCUT2D eigenvalue weighted by molar-refractivity contribution is 5.37. The number of hydrogen-bond donors (Lipinski definition) is 2. The van der Waals surface area contributed by atoms with E-state index in [0.29, 0.717) is 0 Å². The minimum Gasteiger partial charge on any atom is -0.496 e. The van der Waals surface area contributed by atoms with Crippen LogP contribution in [-0.2, 0) is 0 Å². The van der Waals surface area contributed by atoms with Gasteiger partial charge in [-0.1, -0.05) is 12.1 Å². The van der Waals surface area contributed by atoms with Crippen LogP contribution in [0.25, 0.3) is 0 Å². The van der Waals surface area contributed by atoms with Crippen molar-refractivity contribution in [1.29, 1.82) is 0 Å². The maximum absolute atomic E-state index is 9.46. The van der Waals surface area contributed by atoms with Gasteiger partial charge in [0.2, 0.25) is 0 Å². The van der Waals surface area contributed by atoms with Crippen molar-refractivity contribution in [1.82, 2.24) is 0 Å². The number of nitrogens with two attached hydrogens (primary N) is 1. The number of aryl methyl sites for hydroxylation is 1. The molecule has 13 heavy (non-hydrogen) atoms. The molecule has 0 saturated carbocycles. The summed E-state index contributed by atoms with van der Waals surface area (Å²) in [6.07, 6.45) is -0.602. The molecule has 3 heteroatoms. The number of benzene rings is 1. The Bertz CT molecular complexity index is 286. The zero-order chi connectivity index (χ0) is 9.84. The summed E-state index contributed by atoms with van der Waals surface area (Å²) in [5.74, 6) is 0.782. The Kier molecular flexibility index (Phi) is 3.28. The Morgan fingerprint density at radius 2 is 2.23 bits per heavy atom. The first-order chi connectivity index (χ1) is 6.19. The summed E-state index contributed by atoms with van der Waals surface area (Å²) in [6.45, 7) is 2.18. The normalized spacial score (nSPS) is 12.6. The van der Waals surface area contributed by atoms with E-state index in [1.54, 1.807) is 7.11 Å². The van der Waals surface area contributed by atoms with Gasteiger partial charge in [0, 0.05) is 6.54 Å². The van der Waals surface area contributed by atoms with Gasteiger partial charge < -0.3 is 15.6 Å². The predicted octanol–water partition coefficient (Wildman–Crippen LogP) is 0.996. The standard InChI is InChI=1S/C10H15NO2/c1-7-3-4-8(9(12)6-11)5-10(7)13-2/h3-5,9,12H,6,11H2,1-2H3. The first-order valence-corrected chi connectivity index (χ1v) is 4.21. The minimum atomic E-state index is -0.602. The smallest absolute Gasteiger partial charge is 0.122 e. The van der Waals surface area contributed by atoms with Crippen LogP contribution in [-0.4, -0.2) is 18.8 Å². The quantitative estimate of drug-likeness (QED) is 0.731. The minimum absolute atomic E-state index is 0.228. The van der Waals surface area contributed by atoms with Crippen molar-refractivity contribution in [2.45, 2.75) is 13.0 Å². The SMILES string of the molecule is COc1cc(C(O)CN)ccc1C. The first kappa shape index (κ1) is 10.0. The highest BCUT2D eigenvalue weighted by Gasteiger charge is 2.07.